The maximum Gasteiger partial charge on any atom is 0.393 e. The van der Waals surface area contributed by atoms with Crippen molar-refractivity contribution in [2.75, 3.05) is 6.54 Å². The van der Waals surface area contributed by atoms with Crippen LogP contribution < -0.4 is 10.1 Å². The van der Waals surface area contributed by atoms with Gasteiger partial charge in [-0.05, 0) is 44.4 Å². The van der Waals surface area contributed by atoms with Gasteiger partial charge in [0.1, 0.15) is 5.75 Å². The number of piperidine rings is 1. The molecule has 0 radical (unpaired) electrons. The fourth-order valence-corrected chi connectivity index (χ4v) is 2.47. The Morgan fingerprint density at radius 2 is 1.80 bits per heavy atom. The summed E-state index contributed by atoms with van der Waals surface area (Å²) < 4.78 is 43.3. The molecule has 1 aliphatic heterocycles. The van der Waals surface area contributed by atoms with Crippen LogP contribution in [0.3, 0.4) is 0 Å². The number of benzene rings is 1. The Kier molecular flexibility index (Phi) is 4.58. The highest BCUT2D eigenvalue weighted by atomic mass is 19.4. The van der Waals surface area contributed by atoms with Gasteiger partial charge in [0.25, 0.3) is 0 Å². The third-order valence-electron chi connectivity index (χ3n) is 3.53. The fourth-order valence-electron chi connectivity index (χ4n) is 2.47. The van der Waals surface area contributed by atoms with Crippen molar-refractivity contribution in [2.24, 2.45) is 5.92 Å². The van der Waals surface area contributed by atoms with E-state index in [0.717, 1.165) is 11.3 Å². The molecular formula is C15H20F3NO. The number of halogens is 3. The van der Waals surface area contributed by atoms with Crippen LogP contribution in [0.5, 0.6) is 5.75 Å². The summed E-state index contributed by atoms with van der Waals surface area (Å²) in [5, 5.41) is 2.99. The maximum absolute atomic E-state index is 12.6. The standard InChI is InChI=1S/C15H20F3NO/c1-10(2)20-13-6-3-11(4-7-13)14-8-5-12(9-19-14)15(16,17)18/h3-4,6-7,10,12,14,19H,5,8-9H2,1-2H3. The van der Waals surface area contributed by atoms with Gasteiger partial charge in [0, 0.05) is 12.6 Å². The van der Waals surface area contributed by atoms with E-state index in [-0.39, 0.29) is 25.1 Å². The van der Waals surface area contributed by atoms with Crippen molar-refractivity contribution < 1.29 is 17.9 Å². The SMILES string of the molecule is CC(C)Oc1ccc(C2CCC(C(F)(F)F)CN2)cc1. The molecule has 112 valence electrons. The summed E-state index contributed by atoms with van der Waals surface area (Å²) in [6, 6.07) is 7.58. The first-order valence-corrected chi connectivity index (χ1v) is 6.93. The Bertz CT molecular complexity index is 420. The predicted octanol–water partition coefficient (Wildman–Crippen LogP) is 4.08. The van der Waals surface area contributed by atoms with Gasteiger partial charge in [-0.15, -0.1) is 0 Å². The van der Waals surface area contributed by atoms with E-state index < -0.39 is 12.1 Å². The molecule has 20 heavy (non-hydrogen) atoms. The third kappa shape index (κ3) is 3.88. The molecule has 0 spiro atoms. The number of rotatable bonds is 3. The summed E-state index contributed by atoms with van der Waals surface area (Å²) in [5.41, 5.74) is 1.02. The van der Waals surface area contributed by atoms with E-state index >= 15 is 0 Å². The van der Waals surface area contributed by atoms with E-state index in [4.69, 9.17) is 4.74 Å². The summed E-state index contributed by atoms with van der Waals surface area (Å²) in [4.78, 5) is 0. The molecule has 1 aromatic rings. The van der Waals surface area contributed by atoms with Gasteiger partial charge in [0.2, 0.25) is 0 Å². The number of hydrogen-bond donors (Lipinski definition) is 1. The molecule has 1 aliphatic rings. The van der Waals surface area contributed by atoms with Gasteiger partial charge in [0.15, 0.2) is 0 Å². The van der Waals surface area contributed by atoms with Crippen molar-refractivity contribution in [3.63, 3.8) is 0 Å². The second-order valence-corrected chi connectivity index (χ2v) is 5.51. The van der Waals surface area contributed by atoms with Gasteiger partial charge in [-0.2, -0.15) is 13.2 Å². The summed E-state index contributed by atoms with van der Waals surface area (Å²) in [5.74, 6) is -0.435. The molecule has 1 heterocycles. The molecule has 5 heteroatoms. The first kappa shape index (κ1) is 15.2. The fraction of sp³-hybridized carbons (Fsp3) is 0.600. The molecule has 1 N–H and O–H groups in total. The van der Waals surface area contributed by atoms with Gasteiger partial charge < -0.3 is 10.1 Å². The topological polar surface area (TPSA) is 21.3 Å². The number of ether oxygens (including phenoxy) is 1. The lowest BCUT2D eigenvalue weighted by atomic mass is 9.90. The van der Waals surface area contributed by atoms with Crippen LogP contribution in [-0.4, -0.2) is 18.8 Å². The van der Waals surface area contributed by atoms with Crippen molar-refractivity contribution in [1.29, 1.82) is 0 Å². The van der Waals surface area contributed by atoms with E-state index in [9.17, 15) is 13.2 Å². The Hall–Kier alpha value is -1.23. The van der Waals surface area contributed by atoms with E-state index in [1.165, 1.54) is 0 Å². The summed E-state index contributed by atoms with van der Waals surface area (Å²) in [7, 11) is 0. The molecule has 1 aromatic carbocycles. The third-order valence-corrected chi connectivity index (χ3v) is 3.53. The van der Waals surface area contributed by atoms with Gasteiger partial charge in [0.05, 0.1) is 12.0 Å². The average molecular weight is 287 g/mol. The van der Waals surface area contributed by atoms with E-state index in [1.54, 1.807) is 0 Å². The molecule has 0 bridgehead atoms. The molecular weight excluding hydrogens is 267 g/mol. The average Bonchev–Trinajstić information content (AvgIpc) is 2.38. The summed E-state index contributed by atoms with van der Waals surface area (Å²) in [6.45, 7) is 3.90. The quantitative estimate of drug-likeness (QED) is 0.904. The Balaban J connectivity index is 1.94. The van der Waals surface area contributed by atoms with Crippen LogP contribution in [0, 0.1) is 5.92 Å². The number of alkyl halides is 3. The van der Waals surface area contributed by atoms with E-state index in [1.807, 2.05) is 38.1 Å². The molecule has 2 unspecified atom stereocenters. The lowest BCUT2D eigenvalue weighted by Crippen LogP contribution is -2.40. The zero-order valence-corrected chi connectivity index (χ0v) is 11.7. The highest BCUT2D eigenvalue weighted by Crippen LogP contribution is 2.35. The van der Waals surface area contributed by atoms with Gasteiger partial charge in [-0.1, -0.05) is 12.1 Å². The maximum atomic E-state index is 12.6. The van der Waals surface area contributed by atoms with Crippen molar-refractivity contribution in [3.05, 3.63) is 29.8 Å². The minimum absolute atomic E-state index is 0.00157. The Morgan fingerprint density at radius 3 is 2.25 bits per heavy atom. The lowest BCUT2D eigenvalue weighted by molar-refractivity contribution is -0.179. The van der Waals surface area contributed by atoms with Crippen LogP contribution in [0.1, 0.15) is 38.3 Å². The van der Waals surface area contributed by atoms with Crippen molar-refractivity contribution in [2.45, 2.75) is 45.0 Å². The minimum atomic E-state index is -4.09. The monoisotopic (exact) mass is 287 g/mol. The first-order valence-electron chi connectivity index (χ1n) is 6.93. The van der Waals surface area contributed by atoms with Crippen LogP contribution in [0.2, 0.25) is 0 Å². The van der Waals surface area contributed by atoms with Crippen molar-refractivity contribution in [3.8, 4) is 5.75 Å². The highest BCUT2D eigenvalue weighted by Gasteiger charge is 2.41. The first-order chi connectivity index (χ1) is 9.36. The van der Waals surface area contributed by atoms with Crippen LogP contribution in [0.15, 0.2) is 24.3 Å². The molecule has 2 rings (SSSR count). The molecule has 0 aromatic heterocycles. The summed E-state index contributed by atoms with van der Waals surface area (Å²) in [6.07, 6.45) is -3.28. The van der Waals surface area contributed by atoms with Crippen LogP contribution in [0.25, 0.3) is 0 Å². The highest BCUT2D eigenvalue weighted by molar-refractivity contribution is 5.29. The number of hydrogen-bond acceptors (Lipinski definition) is 2. The van der Waals surface area contributed by atoms with Crippen LogP contribution >= 0.6 is 0 Å². The second kappa shape index (κ2) is 6.04. The van der Waals surface area contributed by atoms with E-state index in [2.05, 4.69) is 5.32 Å². The van der Waals surface area contributed by atoms with Crippen molar-refractivity contribution in [1.82, 2.24) is 5.32 Å². The lowest BCUT2D eigenvalue weighted by Gasteiger charge is -2.31. The number of nitrogens with one attached hydrogen (secondary N) is 1. The second-order valence-electron chi connectivity index (χ2n) is 5.51. The van der Waals surface area contributed by atoms with Gasteiger partial charge >= 0.3 is 6.18 Å². The summed E-state index contributed by atoms with van der Waals surface area (Å²) >= 11 is 0. The zero-order valence-electron chi connectivity index (χ0n) is 11.7. The molecule has 1 fully saturated rings. The van der Waals surface area contributed by atoms with Gasteiger partial charge in [-0.3, -0.25) is 0 Å². The molecule has 0 saturated carbocycles. The van der Waals surface area contributed by atoms with Gasteiger partial charge in [-0.25, -0.2) is 0 Å². The van der Waals surface area contributed by atoms with Crippen molar-refractivity contribution >= 4 is 0 Å². The van der Waals surface area contributed by atoms with Crippen LogP contribution in [-0.2, 0) is 0 Å². The zero-order chi connectivity index (χ0) is 14.8. The largest absolute Gasteiger partial charge is 0.491 e. The molecule has 2 nitrogen and oxygen atoms in total. The Morgan fingerprint density at radius 1 is 1.15 bits per heavy atom. The smallest absolute Gasteiger partial charge is 0.393 e. The molecule has 2 atom stereocenters. The normalized spacial score (nSPS) is 23.9. The van der Waals surface area contributed by atoms with E-state index in [0.29, 0.717) is 6.42 Å². The minimum Gasteiger partial charge on any atom is -0.491 e. The molecule has 0 aliphatic carbocycles. The molecule has 1 saturated heterocycles. The van der Waals surface area contributed by atoms with Crippen LogP contribution in [0.4, 0.5) is 13.2 Å². The Labute approximate surface area is 117 Å². The predicted molar refractivity (Wildman–Crippen MR) is 71.7 cm³/mol. The molecule has 0 amide bonds.